The minimum absolute atomic E-state index is 0.251. The number of nitrogens with two attached hydrogens (primary N) is 1. The van der Waals surface area contributed by atoms with Gasteiger partial charge in [0.25, 0.3) is 0 Å². The van der Waals surface area contributed by atoms with Crippen molar-refractivity contribution in [3.05, 3.63) is 29.3 Å². The third-order valence-electron chi connectivity index (χ3n) is 3.53. The Morgan fingerprint density at radius 3 is 2.71 bits per heavy atom. The minimum Gasteiger partial charge on any atom is -0.497 e. The van der Waals surface area contributed by atoms with Gasteiger partial charge in [0, 0.05) is 12.1 Å². The van der Waals surface area contributed by atoms with E-state index < -0.39 is 0 Å². The highest BCUT2D eigenvalue weighted by Crippen LogP contribution is 2.36. The topological polar surface area (TPSA) is 38.5 Å². The Labute approximate surface area is 104 Å². The molecule has 17 heavy (non-hydrogen) atoms. The number of likely N-dealkylation sites (N-methyl/N-ethyl adjacent to an activating group) is 1. The van der Waals surface area contributed by atoms with Gasteiger partial charge in [-0.1, -0.05) is 6.07 Å². The quantitative estimate of drug-likeness (QED) is 0.850. The van der Waals surface area contributed by atoms with Crippen LogP contribution in [0.5, 0.6) is 5.75 Å². The third kappa shape index (κ3) is 2.31. The lowest BCUT2D eigenvalue weighted by Crippen LogP contribution is -2.49. The Kier molecular flexibility index (Phi) is 3.15. The first-order chi connectivity index (χ1) is 7.93. The highest BCUT2D eigenvalue weighted by Gasteiger charge is 2.34. The summed E-state index contributed by atoms with van der Waals surface area (Å²) in [7, 11) is 3.85. The Balaban J connectivity index is 2.49. The molecule has 1 aromatic rings. The predicted octanol–water partition coefficient (Wildman–Crippen LogP) is 1.96. The third-order valence-corrected chi connectivity index (χ3v) is 3.53. The second-order valence-electron chi connectivity index (χ2n) is 5.52. The van der Waals surface area contributed by atoms with E-state index in [4.69, 9.17) is 10.5 Å². The summed E-state index contributed by atoms with van der Waals surface area (Å²) in [5.41, 5.74) is 8.78. The molecule has 1 atom stereocenters. The fraction of sp³-hybridized carbons (Fsp3) is 0.571. The average Bonchev–Trinajstić information content (AvgIpc) is 2.26. The molecule has 1 aliphatic heterocycles. The fourth-order valence-electron chi connectivity index (χ4n) is 2.81. The van der Waals surface area contributed by atoms with Gasteiger partial charge >= 0.3 is 0 Å². The molecule has 0 spiro atoms. The average molecular weight is 234 g/mol. The molecule has 1 unspecified atom stereocenters. The number of ether oxygens (including phenoxy) is 1. The minimum atomic E-state index is -0.254. The van der Waals surface area contributed by atoms with Gasteiger partial charge in [-0.15, -0.1) is 0 Å². The van der Waals surface area contributed by atoms with Crippen LogP contribution < -0.4 is 10.5 Å². The van der Waals surface area contributed by atoms with Crippen LogP contribution in [0.4, 0.5) is 0 Å². The van der Waals surface area contributed by atoms with E-state index in [1.165, 1.54) is 11.1 Å². The largest absolute Gasteiger partial charge is 0.497 e. The van der Waals surface area contributed by atoms with Crippen molar-refractivity contribution in [3.63, 3.8) is 0 Å². The molecule has 1 aromatic carbocycles. The molecule has 0 saturated heterocycles. The van der Waals surface area contributed by atoms with Gasteiger partial charge in [0.05, 0.1) is 13.2 Å². The first kappa shape index (κ1) is 12.4. The lowest BCUT2D eigenvalue weighted by atomic mass is 9.82. The standard InChI is InChI=1S/C14H22N2O/c1-14(2,15)13-12-9-11(17-4)6-5-10(12)7-8-16(13)3/h5-6,9,13H,7-8,15H2,1-4H3. The maximum Gasteiger partial charge on any atom is 0.119 e. The van der Waals surface area contributed by atoms with Crippen LogP contribution >= 0.6 is 0 Å². The number of hydrogen-bond donors (Lipinski definition) is 1. The van der Waals surface area contributed by atoms with E-state index >= 15 is 0 Å². The van der Waals surface area contributed by atoms with Crippen LogP contribution in [0.15, 0.2) is 18.2 Å². The van der Waals surface area contributed by atoms with Gasteiger partial charge < -0.3 is 10.5 Å². The van der Waals surface area contributed by atoms with Crippen molar-refractivity contribution in [1.29, 1.82) is 0 Å². The summed E-state index contributed by atoms with van der Waals surface area (Å²) in [6.45, 7) is 5.23. The zero-order chi connectivity index (χ0) is 12.6. The van der Waals surface area contributed by atoms with Crippen LogP contribution in [0.25, 0.3) is 0 Å². The van der Waals surface area contributed by atoms with Crippen molar-refractivity contribution >= 4 is 0 Å². The molecule has 2 rings (SSSR count). The predicted molar refractivity (Wildman–Crippen MR) is 70.3 cm³/mol. The molecule has 1 heterocycles. The molecule has 0 amide bonds. The molecule has 3 nitrogen and oxygen atoms in total. The number of methoxy groups -OCH3 is 1. The summed E-state index contributed by atoms with van der Waals surface area (Å²) >= 11 is 0. The maximum atomic E-state index is 6.32. The zero-order valence-electron chi connectivity index (χ0n) is 11.2. The summed E-state index contributed by atoms with van der Waals surface area (Å²) in [6.07, 6.45) is 1.09. The monoisotopic (exact) mass is 234 g/mol. The molecule has 0 aromatic heterocycles. The normalized spacial score (nSPS) is 21.1. The van der Waals surface area contributed by atoms with Gasteiger partial charge in [-0.3, -0.25) is 4.90 Å². The highest BCUT2D eigenvalue weighted by molar-refractivity contribution is 5.40. The van der Waals surface area contributed by atoms with Crippen molar-refractivity contribution in [2.75, 3.05) is 20.7 Å². The number of rotatable bonds is 2. The van der Waals surface area contributed by atoms with Crippen LogP contribution in [0.1, 0.15) is 31.0 Å². The number of nitrogens with zero attached hydrogens (tertiary/aromatic N) is 1. The van der Waals surface area contributed by atoms with E-state index in [9.17, 15) is 0 Å². The summed E-state index contributed by atoms with van der Waals surface area (Å²) < 4.78 is 5.32. The Morgan fingerprint density at radius 1 is 1.41 bits per heavy atom. The zero-order valence-corrected chi connectivity index (χ0v) is 11.2. The summed E-state index contributed by atoms with van der Waals surface area (Å²) in [5, 5.41) is 0. The van der Waals surface area contributed by atoms with E-state index in [0.717, 1.165) is 18.7 Å². The molecule has 1 aliphatic rings. The molecule has 2 N–H and O–H groups in total. The summed E-state index contributed by atoms with van der Waals surface area (Å²) in [5.74, 6) is 0.910. The van der Waals surface area contributed by atoms with Gasteiger partial charge in [-0.2, -0.15) is 0 Å². The van der Waals surface area contributed by atoms with Crippen LogP contribution in [0.2, 0.25) is 0 Å². The number of benzene rings is 1. The van der Waals surface area contributed by atoms with E-state index in [1.54, 1.807) is 7.11 Å². The highest BCUT2D eigenvalue weighted by atomic mass is 16.5. The van der Waals surface area contributed by atoms with Gasteiger partial charge in [-0.05, 0) is 50.6 Å². The lowest BCUT2D eigenvalue weighted by Gasteiger charge is -2.42. The van der Waals surface area contributed by atoms with Crippen molar-refractivity contribution in [3.8, 4) is 5.75 Å². The molecule has 0 fully saturated rings. The van der Waals surface area contributed by atoms with Gasteiger partial charge in [-0.25, -0.2) is 0 Å². The lowest BCUT2D eigenvalue weighted by molar-refractivity contribution is 0.158. The Hall–Kier alpha value is -1.06. The van der Waals surface area contributed by atoms with Crippen LogP contribution in [-0.4, -0.2) is 31.1 Å². The second kappa shape index (κ2) is 4.31. The van der Waals surface area contributed by atoms with E-state index in [1.807, 2.05) is 6.07 Å². The second-order valence-corrected chi connectivity index (χ2v) is 5.52. The van der Waals surface area contributed by atoms with E-state index in [-0.39, 0.29) is 11.6 Å². The molecule has 3 heteroatoms. The fourth-order valence-corrected chi connectivity index (χ4v) is 2.81. The van der Waals surface area contributed by atoms with Crippen LogP contribution in [0, 0.1) is 0 Å². The van der Waals surface area contributed by atoms with Gasteiger partial charge in [0.1, 0.15) is 5.75 Å². The van der Waals surface area contributed by atoms with Gasteiger partial charge in [0.15, 0.2) is 0 Å². The molecule has 94 valence electrons. The Morgan fingerprint density at radius 2 is 2.12 bits per heavy atom. The first-order valence-corrected chi connectivity index (χ1v) is 6.09. The SMILES string of the molecule is COc1ccc2c(c1)C(C(C)(C)N)N(C)CC2. The number of hydrogen-bond acceptors (Lipinski definition) is 3. The Bertz CT molecular complexity index is 409. The van der Waals surface area contributed by atoms with E-state index in [2.05, 4.69) is 37.9 Å². The van der Waals surface area contributed by atoms with E-state index in [0.29, 0.717) is 0 Å². The smallest absolute Gasteiger partial charge is 0.119 e. The molecule has 0 radical (unpaired) electrons. The van der Waals surface area contributed by atoms with Crippen molar-refractivity contribution in [1.82, 2.24) is 4.90 Å². The van der Waals surface area contributed by atoms with Gasteiger partial charge in [0.2, 0.25) is 0 Å². The van der Waals surface area contributed by atoms with Crippen LogP contribution in [-0.2, 0) is 6.42 Å². The van der Waals surface area contributed by atoms with Crippen LogP contribution in [0.3, 0.4) is 0 Å². The molecular formula is C14H22N2O. The van der Waals surface area contributed by atoms with Crippen molar-refractivity contribution in [2.45, 2.75) is 31.8 Å². The summed E-state index contributed by atoms with van der Waals surface area (Å²) in [6, 6.07) is 6.58. The molecule has 0 bridgehead atoms. The van der Waals surface area contributed by atoms with Crippen molar-refractivity contribution in [2.24, 2.45) is 5.73 Å². The molecular weight excluding hydrogens is 212 g/mol. The van der Waals surface area contributed by atoms with Crippen molar-refractivity contribution < 1.29 is 4.74 Å². The molecule has 0 aliphatic carbocycles. The number of fused-ring (bicyclic) bond motifs is 1. The maximum absolute atomic E-state index is 6.32. The molecule has 0 saturated carbocycles. The summed E-state index contributed by atoms with van der Waals surface area (Å²) in [4.78, 5) is 2.34. The first-order valence-electron chi connectivity index (χ1n) is 6.09.